The molecule has 1 aliphatic heterocycles. The molecular formula is C19H22N2O2S. The fourth-order valence-electron chi connectivity index (χ4n) is 2.74. The molecule has 0 bridgehead atoms. The van der Waals surface area contributed by atoms with Crippen LogP contribution in [-0.4, -0.2) is 41.7 Å². The maximum atomic E-state index is 12.3. The van der Waals surface area contributed by atoms with Crippen molar-refractivity contribution in [2.24, 2.45) is 0 Å². The summed E-state index contributed by atoms with van der Waals surface area (Å²) < 4.78 is 0. The summed E-state index contributed by atoms with van der Waals surface area (Å²) in [6.07, 6.45) is 1.27. The normalized spacial score (nSPS) is 16.0. The van der Waals surface area contributed by atoms with Crippen molar-refractivity contribution in [1.29, 1.82) is 0 Å². The maximum Gasteiger partial charge on any atom is 0.238 e. The van der Waals surface area contributed by atoms with Gasteiger partial charge in [0.05, 0.1) is 18.3 Å². The Morgan fingerprint density at radius 1 is 1.08 bits per heavy atom. The Kier molecular flexibility index (Phi) is 5.91. The number of carbonyl (C=O) groups excluding carboxylic acids is 1. The highest BCUT2D eigenvalue weighted by Gasteiger charge is 2.19. The van der Waals surface area contributed by atoms with Crippen LogP contribution in [0.5, 0.6) is 0 Å². The van der Waals surface area contributed by atoms with Crippen LogP contribution in [0.15, 0.2) is 64.4 Å². The van der Waals surface area contributed by atoms with E-state index in [0.717, 1.165) is 41.4 Å². The first-order valence-electron chi connectivity index (χ1n) is 8.23. The molecule has 2 aromatic carbocycles. The lowest BCUT2D eigenvalue weighted by Gasteiger charge is -2.28. The first kappa shape index (κ1) is 17.0. The molecule has 5 heteroatoms. The van der Waals surface area contributed by atoms with Crippen molar-refractivity contribution in [1.82, 2.24) is 4.90 Å². The second-order valence-electron chi connectivity index (χ2n) is 5.97. The quantitative estimate of drug-likeness (QED) is 0.876. The third-order valence-electron chi connectivity index (χ3n) is 4.06. The maximum absolute atomic E-state index is 12.3. The second-order valence-corrected chi connectivity index (χ2v) is 7.08. The number of benzene rings is 2. The van der Waals surface area contributed by atoms with E-state index in [1.807, 2.05) is 42.5 Å². The SMILES string of the molecule is O=C(CN1CCC(O)CC1)Nc1ccccc1Sc1ccccc1. The number of aliphatic hydroxyl groups excluding tert-OH is 1. The predicted molar refractivity (Wildman–Crippen MR) is 97.3 cm³/mol. The van der Waals surface area contributed by atoms with E-state index in [-0.39, 0.29) is 12.0 Å². The Morgan fingerprint density at radius 3 is 2.50 bits per heavy atom. The molecule has 1 saturated heterocycles. The van der Waals surface area contributed by atoms with E-state index in [2.05, 4.69) is 22.3 Å². The van der Waals surface area contributed by atoms with Crippen LogP contribution in [0.25, 0.3) is 0 Å². The third-order valence-corrected chi connectivity index (χ3v) is 5.14. The largest absolute Gasteiger partial charge is 0.393 e. The van der Waals surface area contributed by atoms with Crippen molar-refractivity contribution >= 4 is 23.4 Å². The van der Waals surface area contributed by atoms with Gasteiger partial charge in [-0.1, -0.05) is 42.1 Å². The summed E-state index contributed by atoms with van der Waals surface area (Å²) in [4.78, 5) is 16.6. The minimum Gasteiger partial charge on any atom is -0.393 e. The van der Waals surface area contributed by atoms with Gasteiger partial charge in [0.15, 0.2) is 0 Å². The average molecular weight is 342 g/mol. The number of nitrogens with zero attached hydrogens (tertiary/aromatic N) is 1. The predicted octanol–water partition coefficient (Wildman–Crippen LogP) is 3.23. The number of nitrogens with one attached hydrogen (secondary N) is 1. The van der Waals surface area contributed by atoms with Gasteiger partial charge in [-0.25, -0.2) is 0 Å². The smallest absolute Gasteiger partial charge is 0.238 e. The van der Waals surface area contributed by atoms with E-state index in [9.17, 15) is 9.90 Å². The van der Waals surface area contributed by atoms with Crippen LogP contribution in [0.2, 0.25) is 0 Å². The number of aliphatic hydroxyl groups is 1. The molecule has 0 unspecified atom stereocenters. The van der Waals surface area contributed by atoms with Gasteiger partial charge in [0.2, 0.25) is 5.91 Å². The number of rotatable bonds is 5. The Balaban J connectivity index is 1.61. The van der Waals surface area contributed by atoms with E-state index < -0.39 is 0 Å². The fraction of sp³-hybridized carbons (Fsp3) is 0.316. The lowest BCUT2D eigenvalue weighted by molar-refractivity contribution is -0.117. The Morgan fingerprint density at radius 2 is 1.75 bits per heavy atom. The van der Waals surface area contributed by atoms with E-state index in [0.29, 0.717) is 6.54 Å². The minimum absolute atomic E-state index is 0.00694. The number of amides is 1. The zero-order valence-electron chi connectivity index (χ0n) is 13.5. The highest BCUT2D eigenvalue weighted by Crippen LogP contribution is 2.33. The van der Waals surface area contributed by atoms with Gasteiger partial charge in [0, 0.05) is 22.9 Å². The zero-order chi connectivity index (χ0) is 16.8. The van der Waals surface area contributed by atoms with Crippen molar-refractivity contribution in [3.8, 4) is 0 Å². The molecule has 0 aliphatic carbocycles. The van der Waals surface area contributed by atoms with Gasteiger partial charge >= 0.3 is 0 Å². The molecule has 2 aromatic rings. The van der Waals surface area contributed by atoms with Gasteiger partial charge < -0.3 is 10.4 Å². The number of carbonyl (C=O) groups is 1. The Bertz CT molecular complexity index is 670. The molecule has 3 rings (SSSR count). The van der Waals surface area contributed by atoms with Gasteiger partial charge in [-0.05, 0) is 37.1 Å². The number of para-hydroxylation sites is 1. The van der Waals surface area contributed by atoms with Crippen molar-refractivity contribution in [3.63, 3.8) is 0 Å². The second kappa shape index (κ2) is 8.33. The van der Waals surface area contributed by atoms with Gasteiger partial charge in [-0.3, -0.25) is 9.69 Å². The van der Waals surface area contributed by atoms with Crippen molar-refractivity contribution in [2.45, 2.75) is 28.7 Å². The molecule has 1 amide bonds. The molecule has 1 fully saturated rings. The third kappa shape index (κ3) is 4.84. The van der Waals surface area contributed by atoms with Crippen LogP contribution in [0.4, 0.5) is 5.69 Å². The molecule has 0 saturated carbocycles. The van der Waals surface area contributed by atoms with Crippen molar-refractivity contribution < 1.29 is 9.90 Å². The first-order valence-corrected chi connectivity index (χ1v) is 9.04. The van der Waals surface area contributed by atoms with Gasteiger partial charge in [-0.2, -0.15) is 0 Å². The first-order chi connectivity index (χ1) is 11.7. The molecule has 4 nitrogen and oxygen atoms in total. The van der Waals surface area contributed by atoms with Gasteiger partial charge in [0.25, 0.3) is 0 Å². The van der Waals surface area contributed by atoms with E-state index in [1.54, 1.807) is 11.8 Å². The molecule has 126 valence electrons. The van der Waals surface area contributed by atoms with Crippen LogP contribution < -0.4 is 5.32 Å². The summed E-state index contributed by atoms with van der Waals surface area (Å²) >= 11 is 1.64. The zero-order valence-corrected chi connectivity index (χ0v) is 14.3. The van der Waals surface area contributed by atoms with Crippen LogP contribution in [0.3, 0.4) is 0 Å². The number of likely N-dealkylation sites (tertiary alicyclic amines) is 1. The summed E-state index contributed by atoms with van der Waals surface area (Å²) in [6.45, 7) is 1.92. The minimum atomic E-state index is -0.215. The summed E-state index contributed by atoms with van der Waals surface area (Å²) in [5, 5.41) is 12.6. The standard InChI is InChI=1S/C19H22N2O2S/c22-15-10-12-21(13-11-15)14-19(23)20-17-8-4-5-9-18(17)24-16-6-2-1-3-7-16/h1-9,15,22H,10-14H2,(H,20,23). The highest BCUT2D eigenvalue weighted by atomic mass is 32.2. The Hall–Kier alpha value is -1.82. The molecule has 1 heterocycles. The van der Waals surface area contributed by atoms with Gasteiger partial charge in [0.1, 0.15) is 0 Å². The number of hydrogen-bond acceptors (Lipinski definition) is 4. The van der Waals surface area contributed by atoms with E-state index in [1.165, 1.54) is 0 Å². The molecular weight excluding hydrogens is 320 g/mol. The summed E-state index contributed by atoms with van der Waals surface area (Å²) in [6, 6.07) is 18.0. The molecule has 0 atom stereocenters. The van der Waals surface area contributed by atoms with Gasteiger partial charge in [-0.15, -0.1) is 0 Å². The monoisotopic (exact) mass is 342 g/mol. The van der Waals surface area contributed by atoms with Crippen LogP contribution >= 0.6 is 11.8 Å². The molecule has 1 aliphatic rings. The molecule has 0 aromatic heterocycles. The van der Waals surface area contributed by atoms with Crippen LogP contribution in [0.1, 0.15) is 12.8 Å². The van der Waals surface area contributed by atoms with Crippen molar-refractivity contribution in [2.75, 3.05) is 25.0 Å². The van der Waals surface area contributed by atoms with Crippen molar-refractivity contribution in [3.05, 3.63) is 54.6 Å². The number of hydrogen-bond donors (Lipinski definition) is 2. The summed E-state index contributed by atoms with van der Waals surface area (Å²) in [5.41, 5.74) is 0.841. The molecule has 0 spiro atoms. The topological polar surface area (TPSA) is 52.6 Å². The molecule has 2 N–H and O–H groups in total. The summed E-state index contributed by atoms with van der Waals surface area (Å²) in [7, 11) is 0. The Labute approximate surface area is 146 Å². The lowest BCUT2D eigenvalue weighted by Crippen LogP contribution is -2.40. The highest BCUT2D eigenvalue weighted by molar-refractivity contribution is 7.99. The molecule has 24 heavy (non-hydrogen) atoms. The number of piperidine rings is 1. The number of anilines is 1. The molecule has 0 radical (unpaired) electrons. The fourth-order valence-corrected chi connectivity index (χ4v) is 3.67. The van der Waals surface area contributed by atoms with E-state index in [4.69, 9.17) is 0 Å². The van der Waals surface area contributed by atoms with Crippen LogP contribution in [0, 0.1) is 0 Å². The lowest BCUT2D eigenvalue weighted by atomic mass is 10.1. The average Bonchev–Trinajstić information content (AvgIpc) is 2.60. The van der Waals surface area contributed by atoms with E-state index >= 15 is 0 Å². The summed E-state index contributed by atoms with van der Waals surface area (Å²) in [5.74, 6) is -0.00694. The van der Waals surface area contributed by atoms with Crippen LogP contribution in [-0.2, 0) is 4.79 Å².